The Morgan fingerprint density at radius 2 is 1.44 bits per heavy atom. The highest BCUT2D eigenvalue weighted by Crippen LogP contribution is 2.33. The van der Waals surface area contributed by atoms with Crippen molar-refractivity contribution in [3.63, 3.8) is 0 Å². The van der Waals surface area contributed by atoms with Crippen LogP contribution >= 0.6 is 0 Å². The zero-order chi connectivity index (χ0) is 17.6. The predicted molar refractivity (Wildman–Crippen MR) is 103 cm³/mol. The van der Waals surface area contributed by atoms with E-state index in [1.165, 1.54) is 0 Å². The maximum atomic E-state index is 9.85. The topological polar surface area (TPSA) is 39.9 Å². The van der Waals surface area contributed by atoms with E-state index in [2.05, 4.69) is 36.9 Å². The number of hydrogen-bond acceptors (Lipinski definition) is 3. The lowest BCUT2D eigenvalue weighted by Crippen LogP contribution is -2.23. The number of nitrogens with zero attached hydrogens (tertiary/aromatic N) is 3. The number of benzene rings is 2. The lowest BCUT2D eigenvalue weighted by molar-refractivity contribution is 0.863. The van der Waals surface area contributed by atoms with E-state index in [-0.39, 0.29) is 0 Å². The van der Waals surface area contributed by atoms with Crippen LogP contribution in [0.1, 0.15) is 19.4 Å². The summed E-state index contributed by atoms with van der Waals surface area (Å²) in [7, 11) is 0. The first-order valence-corrected chi connectivity index (χ1v) is 8.59. The Morgan fingerprint density at radius 1 is 0.880 bits per heavy atom. The van der Waals surface area contributed by atoms with Gasteiger partial charge in [0.2, 0.25) is 0 Å². The molecule has 0 saturated heterocycles. The van der Waals surface area contributed by atoms with Crippen molar-refractivity contribution >= 4 is 5.69 Å². The first kappa shape index (κ1) is 16.7. The van der Waals surface area contributed by atoms with Crippen molar-refractivity contribution in [3.8, 4) is 28.6 Å². The van der Waals surface area contributed by atoms with Gasteiger partial charge in [0.1, 0.15) is 11.6 Å². The van der Waals surface area contributed by atoms with Crippen molar-refractivity contribution in [1.29, 1.82) is 5.26 Å². The molecule has 0 aliphatic heterocycles. The lowest BCUT2D eigenvalue weighted by Gasteiger charge is -2.24. The second-order valence-corrected chi connectivity index (χ2v) is 5.77. The summed E-state index contributed by atoms with van der Waals surface area (Å²) in [5.41, 5.74) is 5.23. The van der Waals surface area contributed by atoms with E-state index in [9.17, 15) is 5.26 Å². The molecule has 0 N–H and O–H groups in total. The molecule has 0 radical (unpaired) electrons. The number of aromatic nitrogens is 1. The zero-order valence-corrected chi connectivity index (χ0v) is 14.6. The molecule has 0 amide bonds. The molecule has 3 heteroatoms. The summed E-state index contributed by atoms with van der Waals surface area (Å²) in [5.74, 6) is 0. The van der Waals surface area contributed by atoms with Crippen molar-refractivity contribution in [2.45, 2.75) is 13.8 Å². The second-order valence-electron chi connectivity index (χ2n) is 5.77. The third-order valence-corrected chi connectivity index (χ3v) is 4.33. The van der Waals surface area contributed by atoms with Gasteiger partial charge < -0.3 is 4.90 Å². The summed E-state index contributed by atoms with van der Waals surface area (Å²) >= 11 is 0. The van der Waals surface area contributed by atoms with Gasteiger partial charge >= 0.3 is 0 Å². The molecule has 1 heterocycles. The molecule has 0 spiro atoms. The Hall–Kier alpha value is -3.12. The molecule has 0 aliphatic rings. The number of hydrogen-bond donors (Lipinski definition) is 0. The van der Waals surface area contributed by atoms with Gasteiger partial charge in [0.05, 0.1) is 17.1 Å². The van der Waals surface area contributed by atoms with Crippen LogP contribution in [0.25, 0.3) is 22.5 Å². The maximum absolute atomic E-state index is 9.85. The van der Waals surface area contributed by atoms with Gasteiger partial charge in [-0.25, -0.2) is 4.98 Å². The fourth-order valence-corrected chi connectivity index (χ4v) is 3.02. The summed E-state index contributed by atoms with van der Waals surface area (Å²) < 4.78 is 0. The number of nitriles is 1. The average Bonchev–Trinajstić information content (AvgIpc) is 2.69. The standard InChI is InChI=1S/C22H21N3/c1-3-25(4-2)21-15-20(17-11-7-5-8-12-17)24-22(19(21)16-23)18-13-9-6-10-14-18/h5-15H,3-4H2,1-2H3. The Labute approximate surface area is 149 Å². The molecule has 0 unspecified atom stereocenters. The Morgan fingerprint density at radius 3 is 1.96 bits per heavy atom. The van der Waals surface area contributed by atoms with Gasteiger partial charge in [-0.3, -0.25) is 0 Å². The second kappa shape index (κ2) is 7.63. The van der Waals surface area contributed by atoms with Crippen molar-refractivity contribution in [3.05, 3.63) is 72.3 Å². The largest absolute Gasteiger partial charge is 0.371 e. The predicted octanol–water partition coefficient (Wildman–Crippen LogP) is 5.13. The zero-order valence-electron chi connectivity index (χ0n) is 14.6. The highest BCUT2D eigenvalue weighted by Gasteiger charge is 2.18. The molecule has 2 aromatic carbocycles. The molecule has 0 saturated carbocycles. The summed E-state index contributed by atoms with van der Waals surface area (Å²) in [4.78, 5) is 7.05. The fourth-order valence-electron chi connectivity index (χ4n) is 3.02. The third-order valence-electron chi connectivity index (χ3n) is 4.33. The van der Waals surface area contributed by atoms with Crippen LogP contribution in [0, 0.1) is 11.3 Å². The molecule has 0 fully saturated rings. The SMILES string of the molecule is CCN(CC)c1cc(-c2ccccc2)nc(-c2ccccc2)c1C#N. The van der Waals surface area contributed by atoms with Gasteiger partial charge in [0.25, 0.3) is 0 Å². The smallest absolute Gasteiger partial charge is 0.104 e. The maximum Gasteiger partial charge on any atom is 0.104 e. The van der Waals surface area contributed by atoms with E-state index in [1.807, 2.05) is 54.6 Å². The van der Waals surface area contributed by atoms with Gasteiger partial charge in [-0.1, -0.05) is 60.7 Å². The first-order chi connectivity index (χ1) is 12.3. The van der Waals surface area contributed by atoms with Gasteiger partial charge in [0, 0.05) is 24.2 Å². The monoisotopic (exact) mass is 327 g/mol. The molecule has 124 valence electrons. The highest BCUT2D eigenvalue weighted by atomic mass is 15.1. The Balaban J connectivity index is 2.29. The summed E-state index contributed by atoms with van der Waals surface area (Å²) in [6.07, 6.45) is 0. The van der Waals surface area contributed by atoms with Crippen molar-refractivity contribution in [1.82, 2.24) is 4.98 Å². The molecule has 3 aromatic rings. The molecule has 3 nitrogen and oxygen atoms in total. The summed E-state index contributed by atoms with van der Waals surface area (Å²) in [5, 5.41) is 9.85. The van der Waals surface area contributed by atoms with Crippen LogP contribution in [-0.4, -0.2) is 18.1 Å². The van der Waals surface area contributed by atoms with Gasteiger partial charge in [-0.15, -0.1) is 0 Å². The first-order valence-electron chi connectivity index (χ1n) is 8.59. The quantitative estimate of drug-likeness (QED) is 0.652. The Kier molecular flexibility index (Phi) is 5.11. The highest BCUT2D eigenvalue weighted by molar-refractivity contribution is 5.80. The van der Waals surface area contributed by atoms with E-state index in [0.717, 1.165) is 41.3 Å². The lowest BCUT2D eigenvalue weighted by atomic mass is 10.0. The minimum absolute atomic E-state index is 0.634. The van der Waals surface area contributed by atoms with Crippen LogP contribution in [0.5, 0.6) is 0 Å². The molecular weight excluding hydrogens is 306 g/mol. The molecular formula is C22H21N3. The van der Waals surface area contributed by atoms with Crippen molar-refractivity contribution < 1.29 is 0 Å². The molecule has 0 bridgehead atoms. The summed E-state index contributed by atoms with van der Waals surface area (Å²) in [6, 6.07) is 24.5. The Bertz CT molecular complexity index is 876. The van der Waals surface area contributed by atoms with Crippen LogP contribution in [0.4, 0.5) is 5.69 Å². The third kappa shape index (κ3) is 3.39. The minimum atomic E-state index is 0.634. The van der Waals surface area contributed by atoms with Crippen LogP contribution in [-0.2, 0) is 0 Å². The number of rotatable bonds is 5. The van der Waals surface area contributed by atoms with E-state index in [1.54, 1.807) is 0 Å². The van der Waals surface area contributed by atoms with E-state index in [4.69, 9.17) is 4.98 Å². The number of pyridine rings is 1. The molecule has 0 atom stereocenters. The minimum Gasteiger partial charge on any atom is -0.371 e. The molecule has 0 aliphatic carbocycles. The van der Waals surface area contributed by atoms with E-state index in [0.29, 0.717) is 5.56 Å². The van der Waals surface area contributed by atoms with E-state index < -0.39 is 0 Å². The van der Waals surface area contributed by atoms with Gasteiger partial charge in [0.15, 0.2) is 0 Å². The average molecular weight is 327 g/mol. The van der Waals surface area contributed by atoms with Gasteiger partial charge in [-0.2, -0.15) is 5.26 Å². The van der Waals surface area contributed by atoms with Crippen molar-refractivity contribution in [2.75, 3.05) is 18.0 Å². The van der Waals surface area contributed by atoms with E-state index >= 15 is 0 Å². The molecule has 1 aromatic heterocycles. The van der Waals surface area contributed by atoms with Gasteiger partial charge in [-0.05, 0) is 19.9 Å². The normalized spacial score (nSPS) is 10.3. The molecule has 25 heavy (non-hydrogen) atoms. The molecule has 3 rings (SSSR count). The van der Waals surface area contributed by atoms with Crippen LogP contribution in [0.15, 0.2) is 66.7 Å². The van der Waals surface area contributed by atoms with Crippen molar-refractivity contribution in [2.24, 2.45) is 0 Å². The van der Waals surface area contributed by atoms with Crippen LogP contribution in [0.2, 0.25) is 0 Å². The van der Waals surface area contributed by atoms with Crippen LogP contribution in [0.3, 0.4) is 0 Å². The van der Waals surface area contributed by atoms with Crippen LogP contribution < -0.4 is 4.90 Å². The summed E-state index contributed by atoms with van der Waals surface area (Å²) in [6.45, 7) is 5.90. The fraction of sp³-hybridized carbons (Fsp3) is 0.182. The number of anilines is 1.